The van der Waals surface area contributed by atoms with Gasteiger partial charge < -0.3 is 100 Å². The van der Waals surface area contributed by atoms with Gasteiger partial charge in [-0.2, -0.15) is 0 Å². The lowest BCUT2D eigenvalue weighted by Crippen LogP contribution is -2.61. The first-order valence-electron chi connectivity index (χ1n) is 30.8. The molecule has 0 spiro atoms. The van der Waals surface area contributed by atoms with Gasteiger partial charge in [0.05, 0.1) is 12.9 Å². The average molecular weight is 1310 g/mol. The lowest BCUT2D eigenvalue weighted by atomic mass is 10.00. The van der Waals surface area contributed by atoms with Gasteiger partial charge in [0, 0.05) is 74.7 Å². The number of phenols is 1. The van der Waals surface area contributed by atoms with E-state index in [-0.39, 0.29) is 114 Å². The molecule has 2 aliphatic rings. The van der Waals surface area contributed by atoms with Crippen molar-refractivity contribution in [1.82, 2.24) is 67.7 Å². The largest absolute Gasteiger partial charge is 0.508 e. The van der Waals surface area contributed by atoms with Crippen LogP contribution >= 0.6 is 0 Å². The number of nitrogens with two attached hydrogens (primary N) is 3. The molecule has 512 valence electrons. The Bertz CT molecular complexity index is 3280. The van der Waals surface area contributed by atoms with Gasteiger partial charge in [0.25, 0.3) is 5.97 Å². The number of hydrogen-bond donors (Lipinski definition) is 18. The number of unbranched alkanes of at least 4 members (excludes halogenated alkanes) is 1. The topological polar surface area (TPSA) is 532 Å². The van der Waals surface area contributed by atoms with E-state index in [1.54, 1.807) is 44.3 Å². The van der Waals surface area contributed by atoms with E-state index in [0.717, 1.165) is 6.92 Å². The molecule has 0 aliphatic carbocycles. The van der Waals surface area contributed by atoms with E-state index in [1.807, 2.05) is 0 Å². The molecule has 9 unspecified atom stereocenters. The summed E-state index contributed by atoms with van der Waals surface area (Å²) in [5.74, 6) is -10.4. The number of carboxylic acids is 2. The Balaban J connectivity index is 0.00000388. The maximum Gasteiger partial charge on any atom is 0.322 e. The van der Waals surface area contributed by atoms with Gasteiger partial charge in [-0.05, 0) is 99.6 Å². The second-order valence-corrected chi connectivity index (χ2v) is 23.2. The van der Waals surface area contributed by atoms with Gasteiger partial charge in [0.1, 0.15) is 66.7 Å². The highest BCUT2D eigenvalue weighted by Gasteiger charge is 2.40. The molecule has 9 atom stereocenters. The van der Waals surface area contributed by atoms with Gasteiger partial charge in [-0.25, -0.2) is 4.98 Å². The van der Waals surface area contributed by atoms with Crippen LogP contribution in [0.2, 0.25) is 0 Å². The first-order valence-corrected chi connectivity index (χ1v) is 30.8. The smallest absolute Gasteiger partial charge is 0.322 e. The summed E-state index contributed by atoms with van der Waals surface area (Å²) in [6.07, 6.45) is 5.67. The summed E-state index contributed by atoms with van der Waals surface area (Å²) < 4.78 is 0. The number of aromatic nitrogens is 3. The number of carboxylic acid groups (broad SMARTS) is 2. The summed E-state index contributed by atoms with van der Waals surface area (Å²) in [6.45, 7) is 3.36. The number of phenolic OH excluding ortho intramolecular Hbond substituents is 1. The summed E-state index contributed by atoms with van der Waals surface area (Å²) in [6, 6.07) is 0.722. The molecule has 2 aliphatic heterocycles. The molecule has 4 heterocycles. The van der Waals surface area contributed by atoms with E-state index in [9.17, 15) is 63.0 Å². The van der Waals surface area contributed by atoms with Crippen LogP contribution in [0.25, 0.3) is 10.9 Å². The number of likely N-dealkylation sites (tertiary alicyclic amines) is 1. The molecule has 4 aromatic rings. The number of fused-ring (bicyclic) bond motifs is 1. The second-order valence-electron chi connectivity index (χ2n) is 23.2. The number of amides is 10. The Morgan fingerprint density at radius 2 is 1.29 bits per heavy atom. The van der Waals surface area contributed by atoms with Crippen LogP contribution in [0.4, 0.5) is 0 Å². The lowest BCUT2D eigenvalue weighted by Gasteiger charge is -2.30. The van der Waals surface area contributed by atoms with Crippen LogP contribution in [-0.4, -0.2) is 204 Å². The third-order valence-corrected chi connectivity index (χ3v) is 15.2. The predicted octanol–water partition coefficient (Wildman–Crippen LogP) is -3.20. The summed E-state index contributed by atoms with van der Waals surface area (Å²) in [5.41, 5.74) is 19.0. The third-order valence-electron chi connectivity index (χ3n) is 15.2. The molecular weight excluding hydrogens is 1230 g/mol. The minimum atomic E-state index is -1.78. The van der Waals surface area contributed by atoms with Crippen molar-refractivity contribution in [1.29, 1.82) is 0 Å². The number of nitrogens with zero attached hydrogens (tertiary/aromatic N) is 3. The molecule has 2 fully saturated rings. The number of carbonyl (C=O) groups excluding carboxylic acids is 10. The van der Waals surface area contributed by atoms with Crippen LogP contribution in [0.15, 0.2) is 72.2 Å². The number of nitrogens with one attached hydrogen (secondary N) is 11. The monoisotopic (exact) mass is 1310 g/mol. The second kappa shape index (κ2) is 37.4. The molecule has 2 aromatic heterocycles. The fraction of sp³-hybridized carbons (Fsp3) is 0.508. The van der Waals surface area contributed by atoms with E-state index < -0.39 is 133 Å². The highest BCUT2D eigenvalue weighted by atomic mass is 16.4. The molecule has 2 saturated heterocycles. The summed E-state index contributed by atoms with van der Waals surface area (Å²) in [5, 5.41) is 61.7. The fourth-order valence-corrected chi connectivity index (χ4v) is 10.6. The van der Waals surface area contributed by atoms with Crippen LogP contribution in [0.3, 0.4) is 0 Å². The van der Waals surface area contributed by atoms with Crippen molar-refractivity contribution < 1.29 is 78.0 Å². The van der Waals surface area contributed by atoms with Crippen LogP contribution < -0.4 is 65.1 Å². The zero-order valence-electron chi connectivity index (χ0n) is 52.6. The number of H-pyrrole nitrogens is 2. The van der Waals surface area contributed by atoms with Crippen LogP contribution in [0.1, 0.15) is 102 Å². The van der Waals surface area contributed by atoms with Crippen molar-refractivity contribution in [3.8, 4) is 5.75 Å². The zero-order chi connectivity index (χ0) is 69.0. The normalized spacial score (nSPS) is 16.4. The van der Waals surface area contributed by atoms with Crippen LogP contribution in [0, 0.1) is 5.92 Å². The number of para-hydroxylation sites is 1. The van der Waals surface area contributed by atoms with E-state index in [0.29, 0.717) is 40.6 Å². The third kappa shape index (κ3) is 24.1. The highest BCUT2D eigenvalue weighted by Crippen LogP contribution is 2.22. The number of imidazole rings is 1. The van der Waals surface area contributed by atoms with Crippen molar-refractivity contribution >= 4 is 87.9 Å². The molecular formula is C61H87N17O16. The van der Waals surface area contributed by atoms with Crippen molar-refractivity contribution in [2.75, 3.05) is 32.8 Å². The molecule has 21 N–H and O–H groups in total. The molecule has 0 bridgehead atoms. The van der Waals surface area contributed by atoms with E-state index in [2.05, 4.69) is 67.8 Å². The Hall–Kier alpha value is -10.2. The quantitative estimate of drug-likeness (QED) is 0.0123. The lowest BCUT2D eigenvalue weighted by molar-refractivity contribution is -0.143. The van der Waals surface area contributed by atoms with Gasteiger partial charge >= 0.3 is 5.97 Å². The van der Waals surface area contributed by atoms with Crippen LogP contribution in [0.5, 0.6) is 5.75 Å². The Kier molecular flexibility index (Phi) is 29.6. The number of benzene rings is 2. The standard InChI is InChI=1S/C59H83N17O14.C2H4O2/c1-32(2)23-42(52(84)70-41(12-7-21-64-59(61)62)58(90)76-22-8-13-47(76)57(89)66-29-49(80)81)71-50(82)39(11-5-6-20-60)69-53(85)43(24-33-14-16-36(78)17-15-33)72-56(88)46(30-77)75-54(86)44(25-34-27-65-38-10-4-3-9-37(34)38)73-55(87)45(26-35-28-63-31-67-35)74-51(83)40-18-19-48(79)68-40;1-2(3)4/h3-4,9-10,14-17,27-28,31-32,39-47,65,77-78H,5-8,11-13,18-26,29-30,60H2,1-2H3,(H,63,67)(H,66,89)(H,68,79)(H,69,85)(H,70,84)(H,71,82)(H,72,88)(H,73,87)(H,74,83)(H,75,86)(H,80,81)(H4,61,62,64);1H3,(H,3,4). The number of guanidine groups is 1. The summed E-state index contributed by atoms with van der Waals surface area (Å²) in [4.78, 5) is 175. The number of aliphatic hydroxyl groups excluding tert-OH is 1. The number of carbonyl (C=O) groups is 12. The van der Waals surface area contributed by atoms with Crippen molar-refractivity contribution in [2.24, 2.45) is 28.1 Å². The molecule has 33 nitrogen and oxygen atoms in total. The first kappa shape index (κ1) is 74.5. The number of hydrogen-bond acceptors (Lipinski definition) is 17. The van der Waals surface area contributed by atoms with E-state index in [4.69, 9.17) is 32.2 Å². The summed E-state index contributed by atoms with van der Waals surface area (Å²) >= 11 is 0. The zero-order valence-corrected chi connectivity index (χ0v) is 52.6. The minimum Gasteiger partial charge on any atom is -0.508 e. The van der Waals surface area contributed by atoms with E-state index >= 15 is 0 Å². The SMILES string of the molecule is CC(=O)O.CC(C)CC(NC(=O)C(CCCCN)NC(=O)C(Cc1ccc(O)cc1)NC(=O)C(CO)NC(=O)C(Cc1c[nH]c2ccccc12)NC(=O)C(Cc1cnc[nH]1)NC(=O)C1CCC(=O)N1)C(=O)NC(CCCN=C(N)N)C(=O)N1CCCC1C(=O)NCC(=O)O. The van der Waals surface area contributed by atoms with Crippen molar-refractivity contribution in [3.63, 3.8) is 0 Å². The highest BCUT2D eigenvalue weighted by molar-refractivity contribution is 5.99. The molecule has 10 amide bonds. The Morgan fingerprint density at radius 1 is 0.702 bits per heavy atom. The number of aliphatic imine (C=N–C) groups is 1. The van der Waals surface area contributed by atoms with Gasteiger partial charge in [0.2, 0.25) is 59.1 Å². The molecule has 33 heteroatoms. The van der Waals surface area contributed by atoms with E-state index in [1.165, 1.54) is 41.7 Å². The Morgan fingerprint density at radius 3 is 1.89 bits per heavy atom. The first-order chi connectivity index (χ1) is 44.8. The van der Waals surface area contributed by atoms with Gasteiger partial charge in [0.15, 0.2) is 5.96 Å². The Labute approximate surface area is 541 Å². The van der Waals surface area contributed by atoms with Crippen LogP contribution in [-0.2, 0) is 76.8 Å². The number of aromatic amines is 2. The summed E-state index contributed by atoms with van der Waals surface area (Å²) in [7, 11) is 0. The molecule has 94 heavy (non-hydrogen) atoms. The molecule has 0 saturated carbocycles. The molecule has 2 aromatic carbocycles. The predicted molar refractivity (Wildman–Crippen MR) is 339 cm³/mol. The maximum absolute atomic E-state index is 14.7. The molecule has 6 rings (SSSR count). The number of aromatic hydroxyl groups is 1. The average Bonchev–Trinajstić information content (AvgIpc) is 1.62. The van der Waals surface area contributed by atoms with Gasteiger partial charge in [-0.3, -0.25) is 62.5 Å². The minimum absolute atomic E-state index is 0.0166. The maximum atomic E-state index is 14.7. The van der Waals surface area contributed by atoms with Gasteiger partial charge in [-0.15, -0.1) is 0 Å². The fourth-order valence-electron chi connectivity index (χ4n) is 10.6. The van der Waals surface area contributed by atoms with Gasteiger partial charge in [-0.1, -0.05) is 44.2 Å². The number of rotatable bonds is 35. The number of aliphatic hydroxyl groups is 1. The van der Waals surface area contributed by atoms with Crippen molar-refractivity contribution in [2.45, 2.75) is 159 Å². The molecule has 0 radical (unpaired) electrons. The van der Waals surface area contributed by atoms with Crippen molar-refractivity contribution in [3.05, 3.63) is 84.1 Å². The number of aliphatic carboxylic acids is 2.